The highest BCUT2D eigenvalue weighted by atomic mass is 16.1. The molecule has 0 aromatic heterocycles. The Bertz CT molecular complexity index is 269. The molecule has 2 nitrogen and oxygen atoms in total. The summed E-state index contributed by atoms with van der Waals surface area (Å²) >= 11 is 0. The highest BCUT2D eigenvalue weighted by molar-refractivity contribution is 5.87. The molecule has 0 aromatic rings. The molecule has 0 aromatic carbocycles. The Morgan fingerprint density at radius 1 is 1.07 bits per heavy atom. The zero-order valence-electron chi connectivity index (χ0n) is 9.11. The van der Waals surface area contributed by atoms with E-state index >= 15 is 0 Å². The maximum atomic E-state index is 11.4. The lowest BCUT2D eigenvalue weighted by Crippen LogP contribution is -2.55. The van der Waals surface area contributed by atoms with E-state index < -0.39 is 0 Å². The lowest BCUT2D eigenvalue weighted by atomic mass is 9.54. The largest absolute Gasteiger partial charge is 0.349 e. The summed E-state index contributed by atoms with van der Waals surface area (Å²) in [5.41, 5.74) is 0. The van der Waals surface area contributed by atoms with E-state index in [9.17, 15) is 4.79 Å². The SMILES string of the molecule is C=CC(=O)NC1C2CC3CC(C2)CC1C3. The molecule has 4 bridgehead atoms. The standard InChI is InChI=1S/C13H19NO/c1-2-12(15)14-13-10-4-8-3-9(6-10)7-11(13)5-8/h2,8-11,13H,1,3-7H2,(H,14,15). The second-order valence-corrected chi connectivity index (χ2v) is 5.67. The van der Waals surface area contributed by atoms with Crippen LogP contribution in [-0.2, 0) is 4.79 Å². The minimum Gasteiger partial charge on any atom is -0.349 e. The Balaban J connectivity index is 1.74. The van der Waals surface area contributed by atoms with Gasteiger partial charge in [0.15, 0.2) is 0 Å². The molecule has 15 heavy (non-hydrogen) atoms. The second kappa shape index (κ2) is 3.36. The van der Waals surface area contributed by atoms with Crippen LogP contribution in [0.2, 0.25) is 0 Å². The molecule has 4 fully saturated rings. The van der Waals surface area contributed by atoms with E-state index in [-0.39, 0.29) is 5.91 Å². The zero-order chi connectivity index (χ0) is 10.4. The van der Waals surface area contributed by atoms with Crippen molar-refractivity contribution in [3.63, 3.8) is 0 Å². The monoisotopic (exact) mass is 205 g/mol. The molecular formula is C13H19NO. The average molecular weight is 205 g/mol. The predicted octanol–water partition coefficient (Wildman–Crippen LogP) is 2.11. The van der Waals surface area contributed by atoms with Crippen molar-refractivity contribution in [2.24, 2.45) is 23.7 Å². The molecular weight excluding hydrogens is 186 g/mol. The molecule has 4 aliphatic rings. The second-order valence-electron chi connectivity index (χ2n) is 5.67. The van der Waals surface area contributed by atoms with E-state index in [1.54, 1.807) is 0 Å². The molecule has 82 valence electrons. The average Bonchev–Trinajstić information content (AvgIpc) is 2.22. The number of hydrogen-bond acceptors (Lipinski definition) is 1. The zero-order valence-corrected chi connectivity index (χ0v) is 9.11. The van der Waals surface area contributed by atoms with Crippen LogP contribution in [0.3, 0.4) is 0 Å². The van der Waals surface area contributed by atoms with Crippen LogP contribution < -0.4 is 5.32 Å². The molecule has 2 heteroatoms. The number of rotatable bonds is 2. The summed E-state index contributed by atoms with van der Waals surface area (Å²) in [4.78, 5) is 11.4. The van der Waals surface area contributed by atoms with Crippen molar-refractivity contribution in [1.29, 1.82) is 0 Å². The van der Waals surface area contributed by atoms with Crippen LogP contribution >= 0.6 is 0 Å². The summed E-state index contributed by atoms with van der Waals surface area (Å²) < 4.78 is 0. The first-order valence-corrected chi connectivity index (χ1v) is 6.19. The summed E-state index contributed by atoms with van der Waals surface area (Å²) in [7, 11) is 0. The van der Waals surface area contributed by atoms with E-state index in [2.05, 4.69) is 11.9 Å². The summed E-state index contributed by atoms with van der Waals surface area (Å²) in [6.45, 7) is 3.53. The third kappa shape index (κ3) is 1.51. The van der Waals surface area contributed by atoms with E-state index in [0.717, 1.165) is 23.7 Å². The Labute approximate surface area is 91.1 Å². The van der Waals surface area contributed by atoms with Crippen molar-refractivity contribution in [3.8, 4) is 0 Å². The first-order chi connectivity index (χ1) is 7.26. The molecule has 0 spiro atoms. The minimum atomic E-state index is 0.0208. The molecule has 1 N–H and O–H groups in total. The van der Waals surface area contributed by atoms with Gasteiger partial charge >= 0.3 is 0 Å². The predicted molar refractivity (Wildman–Crippen MR) is 59.2 cm³/mol. The summed E-state index contributed by atoms with van der Waals surface area (Å²) in [6, 6.07) is 0.461. The van der Waals surface area contributed by atoms with Crippen molar-refractivity contribution in [3.05, 3.63) is 12.7 Å². The maximum absolute atomic E-state index is 11.4. The summed E-state index contributed by atoms with van der Waals surface area (Å²) in [5.74, 6) is 3.51. The van der Waals surface area contributed by atoms with Crippen LogP contribution in [0.4, 0.5) is 0 Å². The molecule has 4 rings (SSSR count). The van der Waals surface area contributed by atoms with Gasteiger partial charge in [0.05, 0.1) is 0 Å². The number of carbonyl (C=O) groups is 1. The van der Waals surface area contributed by atoms with Gasteiger partial charge in [-0.3, -0.25) is 4.79 Å². The van der Waals surface area contributed by atoms with E-state index in [4.69, 9.17) is 0 Å². The van der Waals surface area contributed by atoms with Gasteiger partial charge in [0.25, 0.3) is 0 Å². The molecule has 0 atom stereocenters. The fourth-order valence-corrected chi connectivity index (χ4v) is 4.38. The first kappa shape index (κ1) is 9.44. The van der Waals surface area contributed by atoms with Gasteiger partial charge in [-0.25, -0.2) is 0 Å². The van der Waals surface area contributed by atoms with Gasteiger partial charge in [-0.15, -0.1) is 0 Å². The van der Waals surface area contributed by atoms with E-state index in [0.29, 0.717) is 6.04 Å². The fourth-order valence-electron chi connectivity index (χ4n) is 4.38. The molecule has 0 radical (unpaired) electrons. The van der Waals surface area contributed by atoms with E-state index in [1.165, 1.54) is 38.2 Å². The van der Waals surface area contributed by atoms with Gasteiger partial charge in [0.1, 0.15) is 0 Å². The van der Waals surface area contributed by atoms with Gasteiger partial charge in [-0.05, 0) is 61.9 Å². The van der Waals surface area contributed by atoms with E-state index in [1.807, 2.05) is 0 Å². The lowest BCUT2D eigenvalue weighted by Gasteiger charge is -2.54. The lowest BCUT2D eigenvalue weighted by molar-refractivity contribution is -0.120. The van der Waals surface area contributed by atoms with Crippen molar-refractivity contribution in [1.82, 2.24) is 5.32 Å². The van der Waals surface area contributed by atoms with Crippen molar-refractivity contribution in [2.45, 2.75) is 38.1 Å². The van der Waals surface area contributed by atoms with Gasteiger partial charge in [-0.2, -0.15) is 0 Å². The van der Waals surface area contributed by atoms with Gasteiger partial charge in [-0.1, -0.05) is 6.58 Å². The summed E-state index contributed by atoms with van der Waals surface area (Å²) in [5, 5.41) is 3.15. The molecule has 0 unspecified atom stereocenters. The highest BCUT2D eigenvalue weighted by Gasteiger charge is 2.48. The fraction of sp³-hybridized carbons (Fsp3) is 0.769. The quantitative estimate of drug-likeness (QED) is 0.687. The smallest absolute Gasteiger partial charge is 0.243 e. The number of hydrogen-bond donors (Lipinski definition) is 1. The van der Waals surface area contributed by atoms with Crippen LogP contribution in [0.25, 0.3) is 0 Å². The molecule has 0 heterocycles. The van der Waals surface area contributed by atoms with Crippen LogP contribution in [0.1, 0.15) is 32.1 Å². The van der Waals surface area contributed by atoms with Crippen LogP contribution in [0.15, 0.2) is 12.7 Å². The molecule has 0 saturated heterocycles. The normalized spacial score (nSPS) is 46.5. The molecule has 4 saturated carbocycles. The number of nitrogens with one attached hydrogen (secondary N) is 1. The van der Waals surface area contributed by atoms with Gasteiger partial charge in [0.2, 0.25) is 5.91 Å². The van der Waals surface area contributed by atoms with Crippen molar-refractivity contribution < 1.29 is 4.79 Å². The minimum absolute atomic E-state index is 0.0208. The Kier molecular flexibility index (Phi) is 2.11. The van der Waals surface area contributed by atoms with Crippen molar-refractivity contribution >= 4 is 5.91 Å². The highest BCUT2D eigenvalue weighted by Crippen LogP contribution is 2.53. The number of carbonyl (C=O) groups excluding carboxylic acids is 1. The third-order valence-electron chi connectivity index (χ3n) is 4.72. The molecule has 0 aliphatic heterocycles. The summed E-state index contributed by atoms with van der Waals surface area (Å²) in [6.07, 6.45) is 8.30. The first-order valence-electron chi connectivity index (χ1n) is 6.19. The molecule has 4 aliphatic carbocycles. The van der Waals surface area contributed by atoms with Crippen molar-refractivity contribution in [2.75, 3.05) is 0 Å². The maximum Gasteiger partial charge on any atom is 0.243 e. The van der Waals surface area contributed by atoms with Gasteiger partial charge < -0.3 is 5.32 Å². The van der Waals surface area contributed by atoms with Crippen LogP contribution in [-0.4, -0.2) is 11.9 Å². The Morgan fingerprint density at radius 2 is 1.60 bits per heavy atom. The van der Waals surface area contributed by atoms with Crippen LogP contribution in [0.5, 0.6) is 0 Å². The third-order valence-corrected chi connectivity index (χ3v) is 4.72. The Morgan fingerprint density at radius 3 is 2.07 bits per heavy atom. The molecule has 1 amide bonds. The number of amides is 1. The van der Waals surface area contributed by atoms with Crippen LogP contribution in [0, 0.1) is 23.7 Å². The Hall–Kier alpha value is -0.790. The van der Waals surface area contributed by atoms with Gasteiger partial charge in [0, 0.05) is 6.04 Å². The topological polar surface area (TPSA) is 29.1 Å².